The number of carboxylic acid groups (broad SMARTS) is 1. The molecule has 1 aliphatic carbocycles. The molecular formula is C15H18O5. The Morgan fingerprint density at radius 2 is 2.00 bits per heavy atom. The summed E-state index contributed by atoms with van der Waals surface area (Å²) in [6.07, 6.45) is 3.54. The fourth-order valence-corrected chi connectivity index (χ4v) is 2.56. The molecule has 0 saturated heterocycles. The normalized spacial score (nSPS) is 22.2. The van der Waals surface area contributed by atoms with E-state index in [1.54, 1.807) is 12.1 Å². The zero-order valence-corrected chi connectivity index (χ0v) is 11.1. The van der Waals surface area contributed by atoms with Crippen molar-refractivity contribution in [2.45, 2.75) is 25.7 Å². The van der Waals surface area contributed by atoms with Crippen LogP contribution in [0.3, 0.4) is 0 Å². The van der Waals surface area contributed by atoms with E-state index in [1.165, 1.54) is 6.07 Å². The number of carbonyl (C=O) groups excluding carboxylic acids is 1. The summed E-state index contributed by atoms with van der Waals surface area (Å²) in [6.45, 7) is 0.441. The van der Waals surface area contributed by atoms with Gasteiger partial charge in [0.15, 0.2) is 6.29 Å². The van der Waals surface area contributed by atoms with Gasteiger partial charge in [-0.1, -0.05) is 6.07 Å². The Morgan fingerprint density at radius 1 is 1.30 bits per heavy atom. The number of hydrogen-bond acceptors (Lipinski definition) is 4. The largest absolute Gasteiger partial charge is 0.507 e. The van der Waals surface area contributed by atoms with Crippen LogP contribution in [0.5, 0.6) is 11.5 Å². The third-order valence-electron chi connectivity index (χ3n) is 3.83. The minimum Gasteiger partial charge on any atom is -0.507 e. The summed E-state index contributed by atoms with van der Waals surface area (Å²) in [7, 11) is 0. The maximum Gasteiger partial charge on any atom is 0.306 e. The van der Waals surface area contributed by atoms with Crippen molar-refractivity contribution in [2.75, 3.05) is 6.61 Å². The zero-order valence-electron chi connectivity index (χ0n) is 11.1. The van der Waals surface area contributed by atoms with Crippen molar-refractivity contribution in [3.8, 4) is 11.5 Å². The average Bonchev–Trinajstić information content (AvgIpc) is 2.45. The van der Waals surface area contributed by atoms with E-state index in [0.29, 0.717) is 37.4 Å². The lowest BCUT2D eigenvalue weighted by atomic mass is 9.82. The molecule has 1 saturated carbocycles. The highest BCUT2D eigenvalue weighted by atomic mass is 16.5. The molecule has 20 heavy (non-hydrogen) atoms. The molecule has 0 unspecified atom stereocenters. The molecule has 0 atom stereocenters. The molecular weight excluding hydrogens is 260 g/mol. The van der Waals surface area contributed by atoms with Crippen molar-refractivity contribution < 1.29 is 24.5 Å². The third-order valence-corrected chi connectivity index (χ3v) is 3.83. The topological polar surface area (TPSA) is 83.8 Å². The Kier molecular flexibility index (Phi) is 4.61. The minimum absolute atomic E-state index is 0.0907. The van der Waals surface area contributed by atoms with Gasteiger partial charge in [0.2, 0.25) is 0 Å². The highest BCUT2D eigenvalue weighted by Crippen LogP contribution is 2.31. The maximum atomic E-state index is 10.9. The Balaban J connectivity index is 1.89. The number of aldehydes is 1. The molecule has 0 bridgehead atoms. The number of rotatable bonds is 5. The maximum absolute atomic E-state index is 10.9. The van der Waals surface area contributed by atoms with E-state index in [2.05, 4.69) is 0 Å². The van der Waals surface area contributed by atoms with E-state index in [1.807, 2.05) is 0 Å². The first-order valence-corrected chi connectivity index (χ1v) is 6.74. The quantitative estimate of drug-likeness (QED) is 0.808. The number of phenolic OH excluding ortho intramolecular Hbond substituents is 1. The number of ether oxygens (including phenoxy) is 1. The molecule has 0 aromatic heterocycles. The van der Waals surface area contributed by atoms with Crippen LogP contribution in [0.4, 0.5) is 0 Å². The highest BCUT2D eigenvalue weighted by Gasteiger charge is 2.26. The lowest BCUT2D eigenvalue weighted by molar-refractivity contribution is -0.143. The van der Waals surface area contributed by atoms with Crippen LogP contribution >= 0.6 is 0 Å². The zero-order chi connectivity index (χ0) is 14.5. The Bertz CT molecular complexity index is 489. The van der Waals surface area contributed by atoms with E-state index in [4.69, 9.17) is 9.84 Å². The number of benzene rings is 1. The van der Waals surface area contributed by atoms with Gasteiger partial charge in [-0.05, 0) is 43.7 Å². The lowest BCUT2D eigenvalue weighted by Crippen LogP contribution is -2.24. The molecule has 0 heterocycles. The van der Waals surface area contributed by atoms with Crippen molar-refractivity contribution in [1.29, 1.82) is 0 Å². The summed E-state index contributed by atoms with van der Waals surface area (Å²) in [4.78, 5) is 21.8. The van der Waals surface area contributed by atoms with Gasteiger partial charge < -0.3 is 14.9 Å². The van der Waals surface area contributed by atoms with Crippen LogP contribution in [0.2, 0.25) is 0 Å². The molecule has 5 nitrogen and oxygen atoms in total. The van der Waals surface area contributed by atoms with Crippen molar-refractivity contribution in [3.63, 3.8) is 0 Å². The van der Waals surface area contributed by atoms with Crippen LogP contribution in [-0.4, -0.2) is 29.1 Å². The molecule has 1 aromatic carbocycles. The molecule has 2 N–H and O–H groups in total. The fraction of sp³-hybridized carbons (Fsp3) is 0.467. The van der Waals surface area contributed by atoms with Crippen molar-refractivity contribution in [3.05, 3.63) is 23.8 Å². The van der Waals surface area contributed by atoms with E-state index >= 15 is 0 Å². The van der Waals surface area contributed by atoms with Crippen LogP contribution in [-0.2, 0) is 4.79 Å². The second-order valence-electron chi connectivity index (χ2n) is 5.17. The lowest BCUT2D eigenvalue weighted by Gasteiger charge is -2.26. The number of hydrogen-bond donors (Lipinski definition) is 2. The SMILES string of the molecule is O=Cc1c(O)cccc1OC[C@H]1CC[C@@H](C(=O)O)CC1. The predicted molar refractivity (Wildman–Crippen MR) is 72.1 cm³/mol. The van der Waals surface area contributed by atoms with Crippen LogP contribution in [0.25, 0.3) is 0 Å². The monoisotopic (exact) mass is 278 g/mol. The number of carboxylic acids is 1. The van der Waals surface area contributed by atoms with Crippen LogP contribution in [0, 0.1) is 11.8 Å². The summed E-state index contributed by atoms with van der Waals surface area (Å²) < 4.78 is 5.61. The van der Waals surface area contributed by atoms with Crippen LogP contribution < -0.4 is 4.74 Å². The summed E-state index contributed by atoms with van der Waals surface area (Å²) >= 11 is 0. The molecule has 0 radical (unpaired) electrons. The third kappa shape index (κ3) is 3.29. The van der Waals surface area contributed by atoms with Crippen LogP contribution in [0.1, 0.15) is 36.0 Å². The van der Waals surface area contributed by atoms with Gasteiger partial charge in [0.1, 0.15) is 11.5 Å². The first kappa shape index (κ1) is 14.4. The van der Waals surface area contributed by atoms with Gasteiger partial charge in [0, 0.05) is 0 Å². The first-order valence-electron chi connectivity index (χ1n) is 6.74. The second kappa shape index (κ2) is 6.41. The number of phenols is 1. The number of aromatic hydroxyl groups is 1. The molecule has 1 aromatic rings. The van der Waals surface area contributed by atoms with E-state index in [-0.39, 0.29) is 17.2 Å². The molecule has 0 spiro atoms. The molecule has 5 heteroatoms. The Morgan fingerprint density at radius 3 is 2.60 bits per heavy atom. The molecule has 0 amide bonds. The van der Waals surface area contributed by atoms with Gasteiger partial charge in [0.25, 0.3) is 0 Å². The number of aliphatic carboxylic acids is 1. The van der Waals surface area contributed by atoms with Crippen molar-refractivity contribution in [1.82, 2.24) is 0 Å². The number of carbonyl (C=O) groups is 2. The fourth-order valence-electron chi connectivity index (χ4n) is 2.56. The first-order chi connectivity index (χ1) is 9.61. The van der Waals surface area contributed by atoms with Crippen molar-refractivity contribution >= 4 is 12.3 Å². The Hall–Kier alpha value is -2.04. The Labute approximate surface area is 117 Å². The molecule has 2 rings (SSSR count). The molecule has 1 aliphatic rings. The van der Waals surface area contributed by atoms with E-state index in [0.717, 1.165) is 12.8 Å². The second-order valence-corrected chi connectivity index (χ2v) is 5.17. The van der Waals surface area contributed by atoms with Gasteiger partial charge in [-0.15, -0.1) is 0 Å². The van der Waals surface area contributed by atoms with Gasteiger partial charge >= 0.3 is 5.97 Å². The standard InChI is InChI=1S/C15H18O5/c16-8-12-13(17)2-1-3-14(12)20-9-10-4-6-11(7-5-10)15(18)19/h1-3,8,10-11,17H,4-7,9H2,(H,18,19)/t10-,11+. The van der Waals surface area contributed by atoms with Gasteiger partial charge in [-0.3, -0.25) is 9.59 Å². The van der Waals surface area contributed by atoms with Gasteiger partial charge in [-0.2, -0.15) is 0 Å². The summed E-state index contributed by atoms with van der Waals surface area (Å²) in [6, 6.07) is 4.71. The average molecular weight is 278 g/mol. The van der Waals surface area contributed by atoms with Gasteiger partial charge in [-0.25, -0.2) is 0 Å². The predicted octanol–water partition coefficient (Wildman–Crippen LogP) is 2.47. The summed E-state index contributed by atoms with van der Waals surface area (Å²) in [5.74, 6) is -0.377. The summed E-state index contributed by atoms with van der Waals surface area (Å²) in [5, 5.41) is 18.5. The van der Waals surface area contributed by atoms with E-state index < -0.39 is 5.97 Å². The smallest absolute Gasteiger partial charge is 0.306 e. The molecule has 108 valence electrons. The highest BCUT2D eigenvalue weighted by molar-refractivity contribution is 5.83. The molecule has 1 fully saturated rings. The van der Waals surface area contributed by atoms with Crippen molar-refractivity contribution in [2.24, 2.45) is 11.8 Å². The summed E-state index contributed by atoms with van der Waals surface area (Å²) in [5.41, 5.74) is 0.159. The van der Waals surface area contributed by atoms with Crippen LogP contribution in [0.15, 0.2) is 18.2 Å². The van der Waals surface area contributed by atoms with Gasteiger partial charge in [0.05, 0.1) is 18.1 Å². The van der Waals surface area contributed by atoms with E-state index in [9.17, 15) is 14.7 Å². The molecule has 0 aliphatic heterocycles. The minimum atomic E-state index is -0.722.